The third-order valence-electron chi connectivity index (χ3n) is 5.90. The van der Waals surface area contributed by atoms with E-state index in [2.05, 4.69) is 28.6 Å². The van der Waals surface area contributed by atoms with Crippen LogP contribution in [0.5, 0.6) is 0 Å². The molecule has 3 aromatic rings. The number of benzene rings is 3. The Hall–Kier alpha value is -3.98. The SMILES string of the molecule is CN1CCc2ccc(cc2)C(Nc2cccc(C(N)=O)c2)C(=O)NCc2cc(ccc2S)NC1=O. The average Bonchev–Trinajstić information content (AvgIpc) is 2.86. The molecule has 5 N–H and O–H groups in total. The average molecular weight is 490 g/mol. The minimum atomic E-state index is -0.714. The lowest BCUT2D eigenvalue weighted by molar-refractivity contribution is -0.122. The molecule has 9 heteroatoms. The van der Waals surface area contributed by atoms with Crippen molar-refractivity contribution < 1.29 is 14.4 Å². The number of anilines is 2. The van der Waals surface area contributed by atoms with Crippen LogP contribution >= 0.6 is 12.6 Å². The van der Waals surface area contributed by atoms with E-state index in [0.29, 0.717) is 34.8 Å². The standard InChI is InChI=1S/C26H27N5O3S/c1-31-12-11-16-5-7-17(8-6-16)23(29-20-4-2-3-18(13-20)24(27)32)25(33)28-15-19-14-21(30-26(31)34)9-10-22(19)35/h2-10,13-14,23,29,35H,11-12,15H2,1H3,(H2,27,32)(H,28,33)(H,30,34). The van der Waals surface area contributed by atoms with Gasteiger partial charge >= 0.3 is 6.03 Å². The predicted octanol–water partition coefficient (Wildman–Crippen LogP) is 3.56. The molecule has 0 fully saturated rings. The second-order valence-electron chi connectivity index (χ2n) is 8.43. The van der Waals surface area contributed by atoms with Gasteiger partial charge in [0.05, 0.1) is 0 Å². The highest BCUT2D eigenvalue weighted by atomic mass is 32.1. The number of likely N-dealkylation sites (N-methyl/N-ethyl adjacent to an activating group) is 1. The van der Waals surface area contributed by atoms with E-state index >= 15 is 0 Å². The Labute approximate surface area is 209 Å². The normalized spacial score (nSPS) is 16.4. The van der Waals surface area contributed by atoms with E-state index in [1.165, 1.54) is 0 Å². The highest BCUT2D eigenvalue weighted by molar-refractivity contribution is 7.80. The van der Waals surface area contributed by atoms with Gasteiger partial charge in [0.1, 0.15) is 6.04 Å². The molecule has 0 radical (unpaired) electrons. The zero-order valence-corrected chi connectivity index (χ0v) is 20.1. The molecule has 0 aromatic heterocycles. The van der Waals surface area contributed by atoms with Gasteiger partial charge in [0.2, 0.25) is 11.8 Å². The molecular weight excluding hydrogens is 462 g/mol. The molecule has 0 saturated heterocycles. The van der Waals surface area contributed by atoms with Crippen LogP contribution in [0.15, 0.2) is 71.6 Å². The van der Waals surface area contributed by atoms with Crippen LogP contribution in [0.4, 0.5) is 16.2 Å². The van der Waals surface area contributed by atoms with Crippen LogP contribution in [0.25, 0.3) is 0 Å². The van der Waals surface area contributed by atoms with Gasteiger partial charge in [-0.25, -0.2) is 4.79 Å². The summed E-state index contributed by atoms with van der Waals surface area (Å²) in [7, 11) is 1.75. The van der Waals surface area contributed by atoms with Gasteiger partial charge in [-0.05, 0) is 59.5 Å². The van der Waals surface area contributed by atoms with E-state index in [0.717, 1.165) is 16.7 Å². The molecule has 35 heavy (non-hydrogen) atoms. The maximum Gasteiger partial charge on any atom is 0.321 e. The van der Waals surface area contributed by atoms with Gasteiger partial charge in [-0.2, -0.15) is 0 Å². The molecule has 1 atom stereocenters. The number of fused-ring (bicyclic) bond motifs is 9. The lowest BCUT2D eigenvalue weighted by atomic mass is 10.0. The van der Waals surface area contributed by atoms with Gasteiger partial charge in [-0.1, -0.05) is 30.3 Å². The molecule has 5 rings (SSSR count). The van der Waals surface area contributed by atoms with Gasteiger partial charge in [0, 0.05) is 42.0 Å². The van der Waals surface area contributed by atoms with Gasteiger partial charge in [-0.3, -0.25) is 9.59 Å². The number of nitrogens with two attached hydrogens (primary N) is 1. The van der Waals surface area contributed by atoms with E-state index in [1.54, 1.807) is 54.4 Å². The van der Waals surface area contributed by atoms with Crippen molar-refractivity contribution in [3.63, 3.8) is 0 Å². The lowest BCUT2D eigenvalue weighted by Crippen LogP contribution is -2.34. The van der Waals surface area contributed by atoms with Crippen molar-refractivity contribution in [2.24, 2.45) is 5.73 Å². The zero-order chi connectivity index (χ0) is 24.9. The second kappa shape index (κ2) is 10.5. The minimum Gasteiger partial charge on any atom is -0.370 e. The molecule has 1 unspecified atom stereocenters. The predicted molar refractivity (Wildman–Crippen MR) is 139 cm³/mol. The minimum absolute atomic E-state index is 0.210. The number of carbonyl (C=O) groups excluding carboxylic acids is 3. The van der Waals surface area contributed by atoms with Crippen LogP contribution in [-0.2, 0) is 17.8 Å². The summed E-state index contributed by atoms with van der Waals surface area (Å²) in [6.07, 6.45) is 0.663. The lowest BCUT2D eigenvalue weighted by Gasteiger charge is -2.22. The van der Waals surface area contributed by atoms with Crippen LogP contribution in [0.2, 0.25) is 0 Å². The molecule has 4 bridgehead atoms. The summed E-state index contributed by atoms with van der Waals surface area (Å²) in [5.74, 6) is -0.796. The van der Waals surface area contributed by atoms with Crippen LogP contribution in [0.3, 0.4) is 0 Å². The molecule has 0 saturated carbocycles. The molecular formula is C26H27N5O3S. The summed E-state index contributed by atoms with van der Waals surface area (Å²) in [6, 6.07) is 18.8. The van der Waals surface area contributed by atoms with E-state index in [1.807, 2.05) is 24.3 Å². The van der Waals surface area contributed by atoms with Gasteiger partial charge < -0.3 is 26.6 Å². The Kier molecular flexibility index (Phi) is 7.26. The van der Waals surface area contributed by atoms with Crippen LogP contribution < -0.4 is 21.7 Å². The van der Waals surface area contributed by atoms with Crippen molar-refractivity contribution in [1.82, 2.24) is 10.2 Å². The zero-order valence-electron chi connectivity index (χ0n) is 19.2. The Balaban J connectivity index is 1.68. The van der Waals surface area contributed by atoms with E-state index < -0.39 is 11.9 Å². The largest absolute Gasteiger partial charge is 0.370 e. The number of hydrogen-bond donors (Lipinski definition) is 5. The molecule has 0 aliphatic carbocycles. The van der Waals surface area contributed by atoms with Crippen LogP contribution in [-0.4, -0.2) is 36.3 Å². The number of carbonyl (C=O) groups is 3. The van der Waals surface area contributed by atoms with E-state index in [-0.39, 0.29) is 18.5 Å². The third-order valence-corrected chi connectivity index (χ3v) is 6.34. The van der Waals surface area contributed by atoms with Gasteiger partial charge in [-0.15, -0.1) is 12.6 Å². The van der Waals surface area contributed by atoms with Crippen molar-refractivity contribution in [1.29, 1.82) is 0 Å². The van der Waals surface area contributed by atoms with Crippen LogP contribution in [0, 0.1) is 0 Å². The Bertz CT molecular complexity index is 1260. The first-order valence-electron chi connectivity index (χ1n) is 11.2. The summed E-state index contributed by atoms with van der Waals surface area (Å²) in [6.45, 7) is 0.750. The fourth-order valence-corrected chi connectivity index (χ4v) is 4.03. The van der Waals surface area contributed by atoms with Crippen molar-refractivity contribution in [2.75, 3.05) is 24.2 Å². The monoisotopic (exact) mass is 489 g/mol. The number of amides is 4. The fourth-order valence-electron chi connectivity index (χ4n) is 3.81. The number of thiol groups is 1. The summed E-state index contributed by atoms with van der Waals surface area (Å²) in [5, 5.41) is 9.09. The van der Waals surface area contributed by atoms with Crippen molar-refractivity contribution in [3.05, 3.63) is 89.0 Å². The first kappa shape index (κ1) is 24.2. The maximum atomic E-state index is 13.4. The number of nitrogens with zero attached hydrogens (tertiary/aromatic N) is 1. The summed E-state index contributed by atoms with van der Waals surface area (Å²) < 4.78 is 0. The molecule has 4 amide bonds. The smallest absolute Gasteiger partial charge is 0.321 e. The summed E-state index contributed by atoms with van der Waals surface area (Å²) in [4.78, 5) is 39.9. The summed E-state index contributed by atoms with van der Waals surface area (Å²) >= 11 is 4.50. The molecule has 0 spiro atoms. The first-order valence-corrected chi connectivity index (χ1v) is 11.6. The number of rotatable bonds is 3. The number of urea groups is 1. The molecule has 180 valence electrons. The fraction of sp³-hybridized carbons (Fsp3) is 0.192. The highest BCUT2D eigenvalue weighted by Crippen LogP contribution is 2.24. The number of primary amides is 1. The topological polar surface area (TPSA) is 117 Å². The molecule has 8 nitrogen and oxygen atoms in total. The number of nitrogens with one attached hydrogen (secondary N) is 3. The Morgan fingerprint density at radius 3 is 2.60 bits per heavy atom. The van der Waals surface area contributed by atoms with Crippen molar-refractivity contribution in [3.8, 4) is 0 Å². The Morgan fingerprint density at radius 2 is 1.86 bits per heavy atom. The molecule has 2 heterocycles. The molecule has 2 aliphatic rings. The Morgan fingerprint density at radius 1 is 1.09 bits per heavy atom. The first-order chi connectivity index (χ1) is 16.8. The third kappa shape index (κ3) is 5.93. The van der Waals surface area contributed by atoms with Crippen molar-refractivity contribution >= 4 is 41.8 Å². The van der Waals surface area contributed by atoms with E-state index in [4.69, 9.17) is 5.73 Å². The van der Waals surface area contributed by atoms with Gasteiger partial charge in [0.15, 0.2) is 0 Å². The number of hydrogen-bond acceptors (Lipinski definition) is 5. The van der Waals surface area contributed by atoms with E-state index in [9.17, 15) is 14.4 Å². The quantitative estimate of drug-likeness (QED) is 0.362. The van der Waals surface area contributed by atoms with Crippen LogP contribution in [0.1, 0.15) is 33.1 Å². The van der Waals surface area contributed by atoms with Crippen molar-refractivity contribution in [2.45, 2.75) is 23.9 Å². The van der Waals surface area contributed by atoms with Gasteiger partial charge in [0.25, 0.3) is 0 Å². The highest BCUT2D eigenvalue weighted by Gasteiger charge is 2.22. The molecule has 3 aromatic carbocycles. The second-order valence-corrected chi connectivity index (χ2v) is 8.91. The molecule has 2 aliphatic heterocycles. The summed E-state index contributed by atoms with van der Waals surface area (Å²) in [5.41, 5.74) is 9.55. The maximum absolute atomic E-state index is 13.4.